The normalized spacial score (nSPS) is 10.2. The van der Waals surface area contributed by atoms with Crippen LogP contribution in [-0.2, 0) is 6.54 Å². The minimum absolute atomic E-state index is 0.505. The Balaban J connectivity index is 2.15. The summed E-state index contributed by atoms with van der Waals surface area (Å²) in [5, 5.41) is 4.15. The van der Waals surface area contributed by atoms with E-state index in [0.717, 1.165) is 5.69 Å². The van der Waals surface area contributed by atoms with Crippen LogP contribution in [0.5, 0.6) is 0 Å². The van der Waals surface area contributed by atoms with Crippen molar-refractivity contribution in [2.45, 2.75) is 6.54 Å². The van der Waals surface area contributed by atoms with Crippen molar-refractivity contribution in [1.29, 1.82) is 0 Å². The van der Waals surface area contributed by atoms with Gasteiger partial charge in [-0.15, -0.1) is 0 Å². The molecule has 3 nitrogen and oxygen atoms in total. The largest absolute Gasteiger partial charge is 0.399 e. The van der Waals surface area contributed by atoms with Crippen LogP contribution in [0, 0.1) is 0 Å². The molecule has 3 N–H and O–H groups in total. The molecule has 1 aromatic heterocycles. The Kier molecular flexibility index (Phi) is 3.71. The van der Waals surface area contributed by atoms with Crippen LogP contribution in [0.1, 0.15) is 5.69 Å². The van der Waals surface area contributed by atoms with Crippen LogP contribution in [0.3, 0.4) is 0 Å². The molecule has 0 saturated heterocycles. The molecule has 0 saturated carbocycles. The van der Waals surface area contributed by atoms with Gasteiger partial charge < -0.3 is 11.1 Å². The quantitative estimate of drug-likeness (QED) is 0.836. The van der Waals surface area contributed by atoms with Crippen molar-refractivity contribution >= 4 is 34.6 Å². The highest BCUT2D eigenvalue weighted by Crippen LogP contribution is 2.32. The second-order valence-electron chi connectivity index (χ2n) is 3.53. The Morgan fingerprint density at radius 2 is 1.88 bits per heavy atom. The molecule has 0 aliphatic carbocycles. The average Bonchev–Trinajstić information content (AvgIpc) is 2.29. The zero-order valence-corrected chi connectivity index (χ0v) is 10.5. The monoisotopic (exact) mass is 267 g/mol. The summed E-state index contributed by atoms with van der Waals surface area (Å²) in [5.41, 5.74) is 7.76. The fraction of sp³-hybridized carbons (Fsp3) is 0.0833. The van der Waals surface area contributed by atoms with E-state index >= 15 is 0 Å². The molecule has 1 aromatic carbocycles. The zero-order chi connectivity index (χ0) is 12.3. The van der Waals surface area contributed by atoms with Crippen molar-refractivity contribution in [3.63, 3.8) is 0 Å². The number of pyridine rings is 1. The molecule has 0 aliphatic heterocycles. The Hall–Kier alpha value is -1.45. The molecule has 0 aliphatic rings. The van der Waals surface area contributed by atoms with E-state index < -0.39 is 0 Å². The van der Waals surface area contributed by atoms with Gasteiger partial charge in [0, 0.05) is 11.9 Å². The Morgan fingerprint density at radius 3 is 2.47 bits per heavy atom. The van der Waals surface area contributed by atoms with Gasteiger partial charge in [0.15, 0.2) is 0 Å². The number of hydrogen-bond acceptors (Lipinski definition) is 3. The predicted molar refractivity (Wildman–Crippen MR) is 72.4 cm³/mol. The van der Waals surface area contributed by atoms with Gasteiger partial charge in [0.25, 0.3) is 0 Å². The number of aromatic nitrogens is 1. The maximum absolute atomic E-state index is 6.05. The number of halogens is 2. The Labute approximate surface area is 110 Å². The lowest BCUT2D eigenvalue weighted by Crippen LogP contribution is -2.02. The van der Waals surface area contributed by atoms with Crippen molar-refractivity contribution in [2.24, 2.45) is 0 Å². The summed E-state index contributed by atoms with van der Waals surface area (Å²) in [6, 6.07) is 9.04. The average molecular weight is 268 g/mol. The fourth-order valence-corrected chi connectivity index (χ4v) is 2.08. The van der Waals surface area contributed by atoms with Gasteiger partial charge in [-0.05, 0) is 24.3 Å². The summed E-state index contributed by atoms with van der Waals surface area (Å²) in [7, 11) is 0. The topological polar surface area (TPSA) is 50.9 Å². The van der Waals surface area contributed by atoms with Gasteiger partial charge in [-0.3, -0.25) is 4.98 Å². The second kappa shape index (κ2) is 5.25. The van der Waals surface area contributed by atoms with E-state index in [1.165, 1.54) is 0 Å². The van der Waals surface area contributed by atoms with E-state index in [4.69, 9.17) is 28.9 Å². The highest BCUT2D eigenvalue weighted by molar-refractivity contribution is 6.39. The van der Waals surface area contributed by atoms with E-state index in [2.05, 4.69) is 10.3 Å². The highest BCUT2D eigenvalue weighted by Gasteiger charge is 2.06. The standard InChI is InChI=1S/C12H11Cl2N3/c13-10-5-8(15)6-11(14)12(10)17-7-9-3-1-2-4-16-9/h1-6,17H,7,15H2. The summed E-state index contributed by atoms with van der Waals surface area (Å²) in [4.78, 5) is 4.20. The molecule has 5 heteroatoms. The maximum Gasteiger partial charge on any atom is 0.0723 e. The number of rotatable bonds is 3. The molecule has 0 amide bonds. The Bertz CT molecular complexity index is 491. The summed E-state index contributed by atoms with van der Waals surface area (Å²) < 4.78 is 0. The lowest BCUT2D eigenvalue weighted by molar-refractivity contribution is 1.05. The Morgan fingerprint density at radius 1 is 1.18 bits per heavy atom. The van der Waals surface area contributed by atoms with Gasteiger partial charge in [0.2, 0.25) is 0 Å². The molecule has 2 aromatic rings. The number of nitrogen functional groups attached to an aromatic ring is 1. The van der Waals surface area contributed by atoms with Crippen LogP contribution in [0.4, 0.5) is 11.4 Å². The highest BCUT2D eigenvalue weighted by atomic mass is 35.5. The summed E-state index contributed by atoms with van der Waals surface area (Å²) in [6.07, 6.45) is 1.74. The van der Waals surface area contributed by atoms with Crippen LogP contribution in [-0.4, -0.2) is 4.98 Å². The van der Waals surface area contributed by atoms with E-state index in [-0.39, 0.29) is 0 Å². The molecule has 0 unspecified atom stereocenters. The number of benzene rings is 1. The van der Waals surface area contributed by atoms with E-state index in [1.54, 1.807) is 18.3 Å². The third-order valence-electron chi connectivity index (χ3n) is 2.24. The smallest absolute Gasteiger partial charge is 0.0723 e. The van der Waals surface area contributed by atoms with Gasteiger partial charge in [0.05, 0.1) is 28.0 Å². The third kappa shape index (κ3) is 3.02. The van der Waals surface area contributed by atoms with Crippen molar-refractivity contribution < 1.29 is 0 Å². The van der Waals surface area contributed by atoms with E-state index in [0.29, 0.717) is 28.0 Å². The molecule has 88 valence electrons. The van der Waals surface area contributed by atoms with Crippen LogP contribution >= 0.6 is 23.2 Å². The second-order valence-corrected chi connectivity index (χ2v) is 4.35. The van der Waals surface area contributed by atoms with E-state index in [9.17, 15) is 0 Å². The molecule has 0 spiro atoms. The van der Waals surface area contributed by atoms with Crippen molar-refractivity contribution in [2.75, 3.05) is 11.1 Å². The SMILES string of the molecule is Nc1cc(Cl)c(NCc2ccccn2)c(Cl)c1. The number of nitrogens with one attached hydrogen (secondary N) is 1. The van der Waals surface area contributed by atoms with Crippen molar-refractivity contribution in [3.05, 3.63) is 52.3 Å². The number of nitrogens with zero attached hydrogens (tertiary/aromatic N) is 1. The predicted octanol–water partition coefficient (Wildman–Crippen LogP) is 3.58. The third-order valence-corrected chi connectivity index (χ3v) is 2.83. The van der Waals surface area contributed by atoms with Crippen molar-refractivity contribution in [3.8, 4) is 0 Å². The molecule has 0 bridgehead atoms. The fourth-order valence-electron chi connectivity index (χ4n) is 1.44. The maximum atomic E-state index is 6.05. The molecule has 2 rings (SSSR count). The molecular formula is C12H11Cl2N3. The van der Waals surface area contributed by atoms with Crippen molar-refractivity contribution in [1.82, 2.24) is 4.98 Å². The molecular weight excluding hydrogens is 257 g/mol. The van der Waals surface area contributed by atoms with Crippen LogP contribution in [0.25, 0.3) is 0 Å². The summed E-state index contributed by atoms with van der Waals surface area (Å²) in [5.74, 6) is 0. The van der Waals surface area contributed by atoms with Gasteiger partial charge in [-0.25, -0.2) is 0 Å². The minimum Gasteiger partial charge on any atom is -0.399 e. The summed E-state index contributed by atoms with van der Waals surface area (Å²) in [6.45, 7) is 0.560. The number of hydrogen-bond donors (Lipinski definition) is 2. The van der Waals surface area contributed by atoms with Gasteiger partial charge in [0.1, 0.15) is 0 Å². The van der Waals surface area contributed by atoms with Gasteiger partial charge in [-0.1, -0.05) is 29.3 Å². The molecule has 1 heterocycles. The van der Waals surface area contributed by atoms with Crippen LogP contribution < -0.4 is 11.1 Å². The lowest BCUT2D eigenvalue weighted by Gasteiger charge is -2.10. The van der Waals surface area contributed by atoms with Crippen LogP contribution in [0.2, 0.25) is 10.0 Å². The van der Waals surface area contributed by atoms with E-state index in [1.807, 2.05) is 18.2 Å². The molecule has 17 heavy (non-hydrogen) atoms. The first-order valence-corrected chi connectivity index (χ1v) is 5.80. The van der Waals surface area contributed by atoms with Gasteiger partial charge in [-0.2, -0.15) is 0 Å². The first-order valence-electron chi connectivity index (χ1n) is 5.05. The minimum atomic E-state index is 0.505. The first kappa shape index (κ1) is 12.0. The zero-order valence-electron chi connectivity index (χ0n) is 8.95. The summed E-state index contributed by atoms with van der Waals surface area (Å²) >= 11 is 12.1. The number of anilines is 2. The number of nitrogens with two attached hydrogens (primary N) is 1. The molecule has 0 radical (unpaired) electrons. The van der Waals surface area contributed by atoms with Crippen LogP contribution in [0.15, 0.2) is 36.5 Å². The first-order chi connectivity index (χ1) is 8.16. The van der Waals surface area contributed by atoms with Gasteiger partial charge >= 0.3 is 0 Å². The lowest BCUT2D eigenvalue weighted by atomic mass is 10.2. The molecule has 0 fully saturated rings. The molecule has 0 atom stereocenters.